The summed E-state index contributed by atoms with van der Waals surface area (Å²) in [6, 6.07) is 7.76. The van der Waals surface area contributed by atoms with Crippen molar-refractivity contribution in [2.24, 2.45) is 5.73 Å². The Morgan fingerprint density at radius 1 is 1.38 bits per heavy atom. The van der Waals surface area contributed by atoms with E-state index in [0.29, 0.717) is 13.2 Å². The minimum absolute atomic E-state index is 0.0705. The topological polar surface area (TPSA) is 64.8 Å². The van der Waals surface area contributed by atoms with E-state index in [2.05, 4.69) is 4.90 Å². The third kappa shape index (κ3) is 4.44. The van der Waals surface area contributed by atoms with E-state index < -0.39 is 0 Å². The lowest BCUT2D eigenvalue weighted by atomic mass is 10.2. The second-order valence-electron chi connectivity index (χ2n) is 5.27. The summed E-state index contributed by atoms with van der Waals surface area (Å²) in [7, 11) is 1.45. The second kappa shape index (κ2) is 8.00. The minimum atomic E-state index is -0.120. The number of nitrogens with two attached hydrogens (primary N) is 1. The van der Waals surface area contributed by atoms with Gasteiger partial charge >= 0.3 is 5.97 Å². The lowest BCUT2D eigenvalue weighted by Gasteiger charge is -2.22. The zero-order valence-electron chi connectivity index (χ0n) is 12.6. The third-order valence-electron chi connectivity index (χ3n) is 3.85. The lowest BCUT2D eigenvalue weighted by Crippen LogP contribution is -2.37. The molecule has 1 aromatic rings. The number of carbonyl (C=O) groups excluding carboxylic acids is 1. The van der Waals surface area contributed by atoms with Crippen LogP contribution >= 0.6 is 0 Å². The average molecular weight is 292 g/mol. The number of hydrogen-bond acceptors (Lipinski definition) is 5. The van der Waals surface area contributed by atoms with Crippen LogP contribution in [-0.4, -0.2) is 43.7 Å². The minimum Gasteiger partial charge on any atom is -0.494 e. The molecule has 21 heavy (non-hydrogen) atoms. The van der Waals surface area contributed by atoms with Crippen molar-refractivity contribution in [3.8, 4) is 5.75 Å². The molecule has 0 aliphatic carbocycles. The van der Waals surface area contributed by atoms with Gasteiger partial charge in [0, 0.05) is 13.1 Å². The van der Waals surface area contributed by atoms with Gasteiger partial charge in [-0.15, -0.1) is 0 Å². The Morgan fingerprint density at radius 2 is 2.14 bits per heavy atom. The van der Waals surface area contributed by atoms with E-state index in [4.69, 9.17) is 15.2 Å². The number of benzene rings is 1. The molecule has 1 heterocycles. The van der Waals surface area contributed by atoms with Crippen LogP contribution in [0.1, 0.15) is 24.8 Å². The van der Waals surface area contributed by atoms with E-state index in [-0.39, 0.29) is 12.0 Å². The van der Waals surface area contributed by atoms with Gasteiger partial charge in [-0.1, -0.05) is 12.1 Å². The van der Waals surface area contributed by atoms with Gasteiger partial charge in [0.25, 0.3) is 0 Å². The highest BCUT2D eigenvalue weighted by Crippen LogP contribution is 2.18. The van der Waals surface area contributed by atoms with Crippen LogP contribution in [-0.2, 0) is 16.1 Å². The van der Waals surface area contributed by atoms with Crippen LogP contribution in [0.25, 0.3) is 0 Å². The SMILES string of the molecule is COC(=O)C1CCCN1CCCOc1ccc(CN)cc1. The molecule has 0 saturated carbocycles. The van der Waals surface area contributed by atoms with Crippen molar-refractivity contribution in [2.45, 2.75) is 31.8 Å². The number of carbonyl (C=O) groups is 1. The van der Waals surface area contributed by atoms with Crippen LogP contribution < -0.4 is 10.5 Å². The molecular weight excluding hydrogens is 268 g/mol. The highest BCUT2D eigenvalue weighted by Gasteiger charge is 2.30. The van der Waals surface area contributed by atoms with E-state index in [9.17, 15) is 4.79 Å². The molecule has 2 rings (SSSR count). The number of methoxy groups -OCH3 is 1. The third-order valence-corrected chi connectivity index (χ3v) is 3.85. The molecule has 1 unspecified atom stereocenters. The predicted molar refractivity (Wildman–Crippen MR) is 81.1 cm³/mol. The van der Waals surface area contributed by atoms with E-state index in [0.717, 1.165) is 43.7 Å². The van der Waals surface area contributed by atoms with Crippen molar-refractivity contribution in [3.63, 3.8) is 0 Å². The van der Waals surface area contributed by atoms with Crippen molar-refractivity contribution in [1.82, 2.24) is 4.90 Å². The standard InChI is InChI=1S/C16H24N2O3/c1-20-16(19)15-4-2-9-18(15)10-3-11-21-14-7-5-13(12-17)6-8-14/h5-8,15H,2-4,9-12,17H2,1H3. The molecule has 0 aromatic heterocycles. The van der Waals surface area contributed by atoms with Gasteiger partial charge in [-0.3, -0.25) is 9.69 Å². The fraction of sp³-hybridized carbons (Fsp3) is 0.562. The molecule has 5 heteroatoms. The number of hydrogen-bond donors (Lipinski definition) is 1. The first-order chi connectivity index (χ1) is 10.2. The van der Waals surface area contributed by atoms with Gasteiger partial charge in [-0.25, -0.2) is 0 Å². The summed E-state index contributed by atoms with van der Waals surface area (Å²) in [5.41, 5.74) is 6.65. The van der Waals surface area contributed by atoms with Crippen molar-refractivity contribution in [3.05, 3.63) is 29.8 Å². The number of rotatable bonds is 7. The quantitative estimate of drug-likeness (QED) is 0.610. The van der Waals surface area contributed by atoms with Gasteiger partial charge in [0.05, 0.1) is 13.7 Å². The molecule has 2 N–H and O–H groups in total. The Hall–Kier alpha value is -1.59. The average Bonchev–Trinajstić information content (AvgIpc) is 3.00. The lowest BCUT2D eigenvalue weighted by molar-refractivity contribution is -0.145. The Bertz CT molecular complexity index is 447. The summed E-state index contributed by atoms with van der Waals surface area (Å²) in [6.45, 7) is 3.02. The number of likely N-dealkylation sites (tertiary alicyclic amines) is 1. The Kier molecular flexibility index (Phi) is 6.02. The van der Waals surface area contributed by atoms with Crippen LogP contribution in [0.3, 0.4) is 0 Å². The van der Waals surface area contributed by atoms with Gasteiger partial charge in [-0.2, -0.15) is 0 Å². The van der Waals surface area contributed by atoms with Gasteiger partial charge in [0.2, 0.25) is 0 Å². The van der Waals surface area contributed by atoms with Crippen LogP contribution in [0.4, 0.5) is 0 Å². The van der Waals surface area contributed by atoms with Crippen LogP contribution in [0.5, 0.6) is 5.75 Å². The molecule has 1 aliphatic rings. The van der Waals surface area contributed by atoms with Crippen molar-refractivity contribution >= 4 is 5.97 Å². The smallest absolute Gasteiger partial charge is 0.323 e. The molecule has 0 amide bonds. The summed E-state index contributed by atoms with van der Waals surface area (Å²) in [5, 5.41) is 0. The Labute approximate surface area is 126 Å². The molecule has 1 aliphatic heterocycles. The van der Waals surface area contributed by atoms with Crippen LogP contribution in [0, 0.1) is 0 Å². The first kappa shape index (κ1) is 15.8. The van der Waals surface area contributed by atoms with Crippen LogP contribution in [0.2, 0.25) is 0 Å². The normalized spacial score (nSPS) is 18.7. The molecule has 0 radical (unpaired) electrons. The summed E-state index contributed by atoms with van der Waals surface area (Å²) < 4.78 is 10.5. The fourth-order valence-electron chi connectivity index (χ4n) is 2.68. The van der Waals surface area contributed by atoms with E-state index >= 15 is 0 Å². The molecule has 0 bridgehead atoms. The number of ether oxygens (including phenoxy) is 2. The van der Waals surface area contributed by atoms with E-state index in [1.165, 1.54) is 7.11 Å². The van der Waals surface area contributed by atoms with Crippen LogP contribution in [0.15, 0.2) is 24.3 Å². The molecular formula is C16H24N2O3. The van der Waals surface area contributed by atoms with Gasteiger partial charge in [0.1, 0.15) is 11.8 Å². The van der Waals surface area contributed by atoms with Gasteiger partial charge in [0.15, 0.2) is 0 Å². The highest BCUT2D eigenvalue weighted by atomic mass is 16.5. The first-order valence-electron chi connectivity index (χ1n) is 7.48. The first-order valence-corrected chi connectivity index (χ1v) is 7.48. The maximum Gasteiger partial charge on any atom is 0.323 e. The molecule has 1 atom stereocenters. The van der Waals surface area contributed by atoms with Crippen molar-refractivity contribution in [2.75, 3.05) is 26.8 Å². The highest BCUT2D eigenvalue weighted by molar-refractivity contribution is 5.75. The maximum atomic E-state index is 11.6. The molecule has 116 valence electrons. The summed E-state index contributed by atoms with van der Waals surface area (Å²) in [5.74, 6) is 0.740. The molecule has 1 fully saturated rings. The fourth-order valence-corrected chi connectivity index (χ4v) is 2.68. The van der Waals surface area contributed by atoms with Crippen molar-refractivity contribution in [1.29, 1.82) is 0 Å². The van der Waals surface area contributed by atoms with Crippen molar-refractivity contribution < 1.29 is 14.3 Å². The van der Waals surface area contributed by atoms with E-state index in [1.54, 1.807) is 0 Å². The largest absolute Gasteiger partial charge is 0.494 e. The number of esters is 1. The second-order valence-corrected chi connectivity index (χ2v) is 5.27. The molecule has 0 spiro atoms. The van der Waals surface area contributed by atoms with E-state index in [1.807, 2.05) is 24.3 Å². The molecule has 5 nitrogen and oxygen atoms in total. The Balaban J connectivity index is 1.70. The predicted octanol–water partition coefficient (Wildman–Crippen LogP) is 1.55. The zero-order chi connectivity index (χ0) is 15.1. The molecule has 1 saturated heterocycles. The van der Waals surface area contributed by atoms with Gasteiger partial charge < -0.3 is 15.2 Å². The number of nitrogens with zero attached hydrogens (tertiary/aromatic N) is 1. The maximum absolute atomic E-state index is 11.6. The Morgan fingerprint density at radius 3 is 2.81 bits per heavy atom. The summed E-state index contributed by atoms with van der Waals surface area (Å²) >= 11 is 0. The monoisotopic (exact) mass is 292 g/mol. The summed E-state index contributed by atoms with van der Waals surface area (Å²) in [4.78, 5) is 13.8. The zero-order valence-corrected chi connectivity index (χ0v) is 12.6. The molecule has 1 aromatic carbocycles. The summed E-state index contributed by atoms with van der Waals surface area (Å²) in [6.07, 6.45) is 2.85. The van der Waals surface area contributed by atoms with Gasteiger partial charge in [-0.05, 0) is 43.5 Å².